The summed E-state index contributed by atoms with van der Waals surface area (Å²) >= 11 is 0. The summed E-state index contributed by atoms with van der Waals surface area (Å²) < 4.78 is 10.4. The van der Waals surface area contributed by atoms with Crippen LogP contribution in [0.4, 0.5) is 0 Å². The third kappa shape index (κ3) is 6.92. The van der Waals surface area contributed by atoms with Crippen molar-refractivity contribution in [2.24, 2.45) is 16.3 Å². The first-order valence-electron chi connectivity index (χ1n) is 9.33. The topological polar surface area (TPSA) is 63.2 Å². The number of aliphatic imine (C=N–C) groups is 1. The average Bonchev–Trinajstić information content (AvgIpc) is 3.38. The van der Waals surface area contributed by atoms with E-state index in [1.807, 2.05) is 6.92 Å². The fraction of sp³-hybridized carbons (Fsp3) is 0.889. The Hall–Kier alpha value is -0.570. The van der Waals surface area contributed by atoms with Crippen LogP contribution in [-0.2, 0) is 14.3 Å². The molecule has 1 aliphatic carbocycles. The highest BCUT2D eigenvalue weighted by molar-refractivity contribution is 14.0. The maximum absolute atomic E-state index is 11.7. The number of halogens is 1. The zero-order valence-electron chi connectivity index (χ0n) is 15.9. The molecule has 1 heterocycles. The number of nitrogens with one attached hydrogen (secondary N) is 1. The van der Waals surface area contributed by atoms with Crippen LogP contribution in [0.25, 0.3) is 0 Å². The number of carbonyl (C=O) groups excluding carboxylic acids is 1. The number of esters is 1. The van der Waals surface area contributed by atoms with Crippen LogP contribution >= 0.6 is 24.0 Å². The number of nitrogens with zero attached hydrogens (tertiary/aromatic N) is 2. The predicted octanol–water partition coefficient (Wildman–Crippen LogP) is 2.66. The van der Waals surface area contributed by atoms with Crippen LogP contribution in [0.1, 0.15) is 46.0 Å². The van der Waals surface area contributed by atoms with Gasteiger partial charge in [-0.15, -0.1) is 24.0 Å². The molecular weight excluding hydrogens is 433 g/mol. The molecule has 0 amide bonds. The number of hydrogen-bond donors (Lipinski definition) is 1. The van der Waals surface area contributed by atoms with E-state index in [4.69, 9.17) is 14.5 Å². The Morgan fingerprint density at radius 2 is 1.96 bits per heavy atom. The molecule has 0 bridgehead atoms. The van der Waals surface area contributed by atoms with Crippen molar-refractivity contribution in [3.05, 3.63) is 0 Å². The van der Waals surface area contributed by atoms with Gasteiger partial charge in [-0.2, -0.15) is 0 Å². The molecule has 1 N–H and O–H groups in total. The number of carbonyl (C=O) groups is 1. The van der Waals surface area contributed by atoms with Crippen molar-refractivity contribution in [1.82, 2.24) is 10.2 Å². The second-order valence-corrected chi connectivity index (χ2v) is 6.90. The van der Waals surface area contributed by atoms with Crippen molar-refractivity contribution >= 4 is 35.9 Å². The summed E-state index contributed by atoms with van der Waals surface area (Å²) in [5, 5.41) is 3.41. The van der Waals surface area contributed by atoms with Crippen molar-refractivity contribution in [3.8, 4) is 0 Å². The van der Waals surface area contributed by atoms with E-state index in [-0.39, 0.29) is 35.9 Å². The Balaban J connectivity index is 0.00000312. The summed E-state index contributed by atoms with van der Waals surface area (Å²) in [7, 11) is 1.47. The van der Waals surface area contributed by atoms with Crippen molar-refractivity contribution in [3.63, 3.8) is 0 Å². The second-order valence-electron chi connectivity index (χ2n) is 6.90. The largest absolute Gasteiger partial charge is 0.469 e. The van der Waals surface area contributed by atoms with E-state index in [0.717, 1.165) is 64.6 Å². The summed E-state index contributed by atoms with van der Waals surface area (Å²) in [4.78, 5) is 18.8. The van der Waals surface area contributed by atoms with Crippen molar-refractivity contribution < 1.29 is 14.3 Å². The van der Waals surface area contributed by atoms with Crippen LogP contribution in [0, 0.1) is 11.3 Å². The molecule has 0 aromatic rings. The van der Waals surface area contributed by atoms with E-state index >= 15 is 0 Å². The molecule has 7 heteroatoms. The fourth-order valence-electron chi connectivity index (χ4n) is 3.26. The Kier molecular flexibility index (Phi) is 10.1. The summed E-state index contributed by atoms with van der Waals surface area (Å²) in [5.74, 6) is 0.947. The molecule has 0 aromatic carbocycles. The molecule has 1 saturated carbocycles. The lowest BCUT2D eigenvalue weighted by atomic mass is 9.97. The van der Waals surface area contributed by atoms with Crippen LogP contribution < -0.4 is 5.32 Å². The highest BCUT2D eigenvalue weighted by atomic mass is 127. The van der Waals surface area contributed by atoms with Gasteiger partial charge in [-0.25, -0.2) is 0 Å². The summed E-state index contributed by atoms with van der Waals surface area (Å²) in [6.45, 7) is 9.22. The van der Waals surface area contributed by atoms with E-state index in [1.54, 1.807) is 0 Å². The van der Waals surface area contributed by atoms with E-state index in [0.29, 0.717) is 5.41 Å². The number of ether oxygens (including phenoxy) is 2. The number of methoxy groups -OCH3 is 1. The molecule has 1 saturated heterocycles. The molecule has 0 unspecified atom stereocenters. The van der Waals surface area contributed by atoms with E-state index < -0.39 is 0 Å². The summed E-state index contributed by atoms with van der Waals surface area (Å²) in [6.07, 6.45) is 5.30. The van der Waals surface area contributed by atoms with Crippen LogP contribution in [0.2, 0.25) is 0 Å². The summed E-state index contributed by atoms with van der Waals surface area (Å²) in [5.41, 5.74) is 0.361. The third-order valence-corrected chi connectivity index (χ3v) is 5.17. The lowest BCUT2D eigenvalue weighted by Gasteiger charge is -2.33. The monoisotopic (exact) mass is 467 g/mol. The van der Waals surface area contributed by atoms with Gasteiger partial charge in [-0.3, -0.25) is 9.79 Å². The smallest absolute Gasteiger partial charge is 0.308 e. The lowest BCUT2D eigenvalue weighted by Crippen LogP contribution is -2.47. The van der Waals surface area contributed by atoms with Gasteiger partial charge < -0.3 is 19.7 Å². The van der Waals surface area contributed by atoms with Gasteiger partial charge in [-0.1, -0.05) is 0 Å². The minimum Gasteiger partial charge on any atom is -0.469 e. The standard InChI is InChI=1S/C18H33N3O3.HI/c1-4-19-17(20-14-18(8-9-18)10-13-24-5-2)21-11-6-15(7-12-21)16(22)23-3;/h15H,4-14H2,1-3H3,(H,19,20);1H. The van der Waals surface area contributed by atoms with Gasteiger partial charge in [0.05, 0.1) is 13.0 Å². The number of guanidine groups is 1. The van der Waals surface area contributed by atoms with Crippen LogP contribution in [0.15, 0.2) is 4.99 Å². The Labute approximate surface area is 169 Å². The molecule has 2 aliphatic rings. The molecular formula is C18H34IN3O3. The normalized spacial score (nSPS) is 20.0. The first kappa shape index (κ1) is 22.5. The predicted molar refractivity (Wildman–Crippen MR) is 110 cm³/mol. The van der Waals surface area contributed by atoms with Gasteiger partial charge in [0.2, 0.25) is 0 Å². The van der Waals surface area contributed by atoms with Gasteiger partial charge in [0, 0.05) is 39.4 Å². The molecule has 146 valence electrons. The maximum Gasteiger partial charge on any atom is 0.308 e. The SMILES string of the molecule is CCNC(=NCC1(CCOCC)CC1)N1CCC(C(=O)OC)CC1.I. The fourth-order valence-corrected chi connectivity index (χ4v) is 3.26. The maximum atomic E-state index is 11.7. The van der Waals surface area contributed by atoms with Crippen molar-refractivity contribution in [2.45, 2.75) is 46.0 Å². The van der Waals surface area contributed by atoms with E-state index in [1.165, 1.54) is 20.0 Å². The van der Waals surface area contributed by atoms with Gasteiger partial charge >= 0.3 is 5.97 Å². The number of piperidine rings is 1. The molecule has 6 nitrogen and oxygen atoms in total. The van der Waals surface area contributed by atoms with Gasteiger partial charge in [0.1, 0.15) is 0 Å². The molecule has 1 aliphatic heterocycles. The Bertz CT molecular complexity index is 433. The molecule has 0 spiro atoms. The number of hydrogen-bond acceptors (Lipinski definition) is 4. The molecule has 0 radical (unpaired) electrons. The van der Waals surface area contributed by atoms with Gasteiger partial charge in [0.15, 0.2) is 5.96 Å². The zero-order chi connectivity index (χ0) is 17.4. The van der Waals surface area contributed by atoms with E-state index in [9.17, 15) is 4.79 Å². The molecule has 0 atom stereocenters. The Morgan fingerprint density at radius 1 is 1.28 bits per heavy atom. The highest BCUT2D eigenvalue weighted by Gasteiger charge is 2.42. The second kappa shape index (κ2) is 11.2. The lowest BCUT2D eigenvalue weighted by molar-refractivity contribution is -0.146. The van der Waals surface area contributed by atoms with E-state index in [2.05, 4.69) is 17.1 Å². The first-order chi connectivity index (χ1) is 11.6. The van der Waals surface area contributed by atoms with Crippen molar-refractivity contribution in [1.29, 1.82) is 0 Å². The molecule has 25 heavy (non-hydrogen) atoms. The minimum atomic E-state index is -0.0792. The minimum absolute atomic E-state index is 0. The third-order valence-electron chi connectivity index (χ3n) is 5.17. The summed E-state index contributed by atoms with van der Waals surface area (Å²) in [6, 6.07) is 0. The molecule has 0 aromatic heterocycles. The van der Waals surface area contributed by atoms with Crippen LogP contribution in [-0.4, -0.2) is 63.3 Å². The number of likely N-dealkylation sites (tertiary alicyclic amines) is 1. The van der Waals surface area contributed by atoms with Crippen LogP contribution in [0.5, 0.6) is 0 Å². The highest BCUT2D eigenvalue weighted by Crippen LogP contribution is 2.49. The Morgan fingerprint density at radius 3 is 2.48 bits per heavy atom. The first-order valence-corrected chi connectivity index (χ1v) is 9.33. The van der Waals surface area contributed by atoms with Crippen LogP contribution in [0.3, 0.4) is 0 Å². The quantitative estimate of drug-likeness (QED) is 0.196. The van der Waals surface area contributed by atoms with Crippen molar-refractivity contribution in [2.75, 3.05) is 46.5 Å². The van der Waals surface area contributed by atoms with Gasteiger partial charge in [0.25, 0.3) is 0 Å². The average molecular weight is 467 g/mol. The number of rotatable bonds is 8. The van der Waals surface area contributed by atoms with Gasteiger partial charge in [-0.05, 0) is 51.4 Å². The molecule has 2 fully saturated rings. The molecule has 2 rings (SSSR count). The zero-order valence-corrected chi connectivity index (χ0v) is 18.2.